The summed E-state index contributed by atoms with van der Waals surface area (Å²) in [5.41, 5.74) is 1.79. The highest BCUT2D eigenvalue weighted by atomic mass is 79.9. The zero-order chi connectivity index (χ0) is 19.1. The number of nitrogens with one attached hydrogen (secondary N) is 1. The van der Waals surface area contributed by atoms with Crippen molar-refractivity contribution in [3.8, 4) is 11.5 Å². The predicted molar refractivity (Wildman–Crippen MR) is 110 cm³/mol. The van der Waals surface area contributed by atoms with Crippen LogP contribution >= 0.6 is 15.9 Å². The lowest BCUT2D eigenvalue weighted by Gasteiger charge is -2.16. The van der Waals surface area contributed by atoms with Gasteiger partial charge in [0.2, 0.25) is 0 Å². The summed E-state index contributed by atoms with van der Waals surface area (Å²) < 4.78 is 12.3. The minimum Gasteiger partial charge on any atom is -0.489 e. The van der Waals surface area contributed by atoms with Crippen LogP contribution in [0.25, 0.3) is 0 Å². The van der Waals surface area contributed by atoms with E-state index in [1.807, 2.05) is 78.9 Å². The molecular formula is C22H20BrNO3. The molecule has 0 aliphatic rings. The van der Waals surface area contributed by atoms with E-state index in [1.54, 1.807) is 6.92 Å². The Kier molecular flexibility index (Phi) is 6.49. The van der Waals surface area contributed by atoms with Gasteiger partial charge >= 0.3 is 0 Å². The molecule has 1 amide bonds. The molecule has 0 radical (unpaired) electrons. The number of hydrogen-bond donors (Lipinski definition) is 1. The lowest BCUT2D eigenvalue weighted by molar-refractivity contribution is -0.122. The maximum Gasteiger partial charge on any atom is 0.265 e. The molecule has 0 fully saturated rings. The molecule has 0 aliphatic carbocycles. The Hall–Kier alpha value is -2.79. The molecule has 3 aromatic carbocycles. The van der Waals surface area contributed by atoms with Gasteiger partial charge in [-0.2, -0.15) is 0 Å². The second-order valence-electron chi connectivity index (χ2n) is 5.98. The zero-order valence-corrected chi connectivity index (χ0v) is 16.5. The number of halogens is 1. The summed E-state index contributed by atoms with van der Waals surface area (Å²) in [5.74, 6) is 1.16. The molecule has 0 saturated heterocycles. The fraction of sp³-hybridized carbons (Fsp3) is 0.136. The Bertz CT molecular complexity index is 882. The predicted octanol–water partition coefficient (Wildman–Crippen LogP) is 5.43. The molecule has 3 aromatic rings. The first-order chi connectivity index (χ1) is 13.1. The number of ether oxygens (including phenoxy) is 2. The third-order valence-corrected chi connectivity index (χ3v) is 4.53. The van der Waals surface area contributed by atoms with Gasteiger partial charge in [0.15, 0.2) is 6.10 Å². The maximum atomic E-state index is 12.3. The Morgan fingerprint density at radius 2 is 1.63 bits per heavy atom. The van der Waals surface area contributed by atoms with Crippen molar-refractivity contribution in [2.45, 2.75) is 19.6 Å². The molecule has 138 valence electrons. The topological polar surface area (TPSA) is 47.6 Å². The van der Waals surface area contributed by atoms with Crippen LogP contribution in [-0.4, -0.2) is 12.0 Å². The number of carbonyl (C=O) groups is 1. The first kappa shape index (κ1) is 19.0. The Labute approximate surface area is 167 Å². The van der Waals surface area contributed by atoms with Gasteiger partial charge < -0.3 is 14.8 Å². The van der Waals surface area contributed by atoms with Crippen molar-refractivity contribution >= 4 is 27.5 Å². The van der Waals surface area contributed by atoms with E-state index in [-0.39, 0.29) is 5.91 Å². The molecule has 0 bridgehead atoms. The molecule has 5 heteroatoms. The molecule has 1 atom stereocenters. The molecule has 0 aliphatic heterocycles. The van der Waals surface area contributed by atoms with Crippen LogP contribution in [0.5, 0.6) is 11.5 Å². The normalized spacial score (nSPS) is 11.5. The first-order valence-electron chi connectivity index (χ1n) is 8.60. The van der Waals surface area contributed by atoms with E-state index in [2.05, 4.69) is 21.2 Å². The van der Waals surface area contributed by atoms with Gasteiger partial charge in [0.25, 0.3) is 5.91 Å². The summed E-state index contributed by atoms with van der Waals surface area (Å²) in [7, 11) is 0. The summed E-state index contributed by atoms with van der Waals surface area (Å²) in [6.07, 6.45) is -0.627. The van der Waals surface area contributed by atoms with Crippen LogP contribution in [0.2, 0.25) is 0 Å². The highest BCUT2D eigenvalue weighted by Crippen LogP contribution is 2.25. The number of para-hydroxylation sites is 1. The minimum absolute atomic E-state index is 0.219. The number of carbonyl (C=O) groups excluding carboxylic acids is 1. The minimum atomic E-state index is -0.627. The Morgan fingerprint density at radius 3 is 2.33 bits per heavy atom. The van der Waals surface area contributed by atoms with Crippen molar-refractivity contribution in [1.29, 1.82) is 0 Å². The van der Waals surface area contributed by atoms with Gasteiger partial charge in [-0.15, -0.1) is 0 Å². The van der Waals surface area contributed by atoms with Crippen LogP contribution in [0.4, 0.5) is 5.69 Å². The second kappa shape index (κ2) is 9.24. The summed E-state index contributed by atoms with van der Waals surface area (Å²) in [5, 5.41) is 2.85. The fourth-order valence-electron chi connectivity index (χ4n) is 2.40. The van der Waals surface area contributed by atoms with E-state index in [9.17, 15) is 4.79 Å². The summed E-state index contributed by atoms with van der Waals surface area (Å²) in [4.78, 5) is 12.3. The summed E-state index contributed by atoms with van der Waals surface area (Å²) in [6.45, 7) is 2.22. The van der Waals surface area contributed by atoms with Gasteiger partial charge in [-0.3, -0.25) is 4.79 Å². The summed E-state index contributed by atoms with van der Waals surface area (Å²) in [6, 6.07) is 24.7. The van der Waals surface area contributed by atoms with Gasteiger partial charge in [0.1, 0.15) is 18.1 Å². The molecule has 0 heterocycles. The van der Waals surface area contributed by atoms with E-state index < -0.39 is 6.10 Å². The van der Waals surface area contributed by atoms with Gasteiger partial charge in [0.05, 0.1) is 4.47 Å². The van der Waals surface area contributed by atoms with Gasteiger partial charge in [0, 0.05) is 5.69 Å². The van der Waals surface area contributed by atoms with Crippen molar-refractivity contribution in [2.24, 2.45) is 0 Å². The van der Waals surface area contributed by atoms with Crippen molar-refractivity contribution in [3.05, 3.63) is 88.9 Å². The average Bonchev–Trinajstić information content (AvgIpc) is 2.70. The van der Waals surface area contributed by atoms with Crippen LogP contribution < -0.4 is 14.8 Å². The molecule has 0 saturated carbocycles. The quantitative estimate of drug-likeness (QED) is 0.548. The second-order valence-corrected chi connectivity index (χ2v) is 6.83. The number of hydrogen-bond acceptors (Lipinski definition) is 3. The first-order valence-corrected chi connectivity index (χ1v) is 9.40. The lowest BCUT2D eigenvalue weighted by Crippen LogP contribution is -2.30. The van der Waals surface area contributed by atoms with Crippen molar-refractivity contribution in [3.63, 3.8) is 0 Å². The van der Waals surface area contributed by atoms with Crippen LogP contribution in [0, 0.1) is 0 Å². The van der Waals surface area contributed by atoms with Gasteiger partial charge in [-0.1, -0.05) is 42.5 Å². The van der Waals surface area contributed by atoms with Crippen molar-refractivity contribution in [2.75, 3.05) is 5.32 Å². The Balaban J connectivity index is 1.52. The van der Waals surface area contributed by atoms with E-state index >= 15 is 0 Å². The third-order valence-electron chi connectivity index (χ3n) is 3.88. The number of anilines is 1. The number of benzene rings is 3. The van der Waals surface area contributed by atoms with E-state index in [1.165, 1.54) is 0 Å². The number of amides is 1. The van der Waals surface area contributed by atoms with Gasteiger partial charge in [-0.25, -0.2) is 0 Å². The van der Waals surface area contributed by atoms with Crippen LogP contribution in [0.15, 0.2) is 83.3 Å². The monoisotopic (exact) mass is 425 g/mol. The molecule has 1 N–H and O–H groups in total. The molecular weight excluding hydrogens is 406 g/mol. The van der Waals surface area contributed by atoms with E-state index in [0.29, 0.717) is 18.0 Å². The number of rotatable bonds is 7. The maximum absolute atomic E-state index is 12.3. The SMILES string of the molecule is CC(Oc1ccccc1Br)C(=O)Nc1ccc(OCc2ccccc2)cc1. The standard InChI is InChI=1S/C22H20BrNO3/c1-16(27-21-10-6-5-9-20(21)23)22(25)24-18-11-13-19(14-12-18)26-15-17-7-3-2-4-8-17/h2-14,16H,15H2,1H3,(H,24,25). The molecule has 3 rings (SSSR count). The zero-order valence-electron chi connectivity index (χ0n) is 14.9. The molecule has 4 nitrogen and oxygen atoms in total. The molecule has 0 spiro atoms. The largest absolute Gasteiger partial charge is 0.489 e. The van der Waals surface area contributed by atoms with Crippen LogP contribution in [0.3, 0.4) is 0 Å². The van der Waals surface area contributed by atoms with Crippen LogP contribution in [0.1, 0.15) is 12.5 Å². The van der Waals surface area contributed by atoms with Crippen LogP contribution in [-0.2, 0) is 11.4 Å². The van der Waals surface area contributed by atoms with E-state index in [0.717, 1.165) is 15.8 Å². The average molecular weight is 426 g/mol. The molecule has 1 unspecified atom stereocenters. The smallest absolute Gasteiger partial charge is 0.265 e. The van der Waals surface area contributed by atoms with E-state index in [4.69, 9.17) is 9.47 Å². The van der Waals surface area contributed by atoms with Crippen molar-refractivity contribution < 1.29 is 14.3 Å². The molecule has 0 aromatic heterocycles. The lowest BCUT2D eigenvalue weighted by atomic mass is 10.2. The highest BCUT2D eigenvalue weighted by molar-refractivity contribution is 9.10. The van der Waals surface area contributed by atoms with Crippen molar-refractivity contribution in [1.82, 2.24) is 0 Å². The summed E-state index contributed by atoms with van der Waals surface area (Å²) >= 11 is 3.41. The molecule has 27 heavy (non-hydrogen) atoms. The highest BCUT2D eigenvalue weighted by Gasteiger charge is 2.16. The fourth-order valence-corrected chi connectivity index (χ4v) is 2.78. The third kappa shape index (κ3) is 5.59. The van der Waals surface area contributed by atoms with Gasteiger partial charge in [-0.05, 0) is 64.8 Å². The Morgan fingerprint density at radius 1 is 0.963 bits per heavy atom.